The van der Waals surface area contributed by atoms with Gasteiger partial charge in [0.25, 0.3) is 0 Å². The highest BCUT2D eigenvalue weighted by atomic mass is 16.5. The minimum atomic E-state index is -0.868. The molecule has 1 atom stereocenters. The van der Waals surface area contributed by atoms with Gasteiger partial charge < -0.3 is 14.8 Å². The van der Waals surface area contributed by atoms with Gasteiger partial charge >= 0.3 is 5.97 Å². The summed E-state index contributed by atoms with van der Waals surface area (Å²) >= 11 is 0. The van der Waals surface area contributed by atoms with Crippen molar-refractivity contribution in [1.82, 2.24) is 9.88 Å². The van der Waals surface area contributed by atoms with Gasteiger partial charge in [-0.2, -0.15) is 0 Å². The average Bonchev–Trinajstić information content (AvgIpc) is 3.40. The number of likely N-dealkylation sites (tertiary alicyclic amines) is 1. The minimum absolute atomic E-state index is 0.290. The van der Waals surface area contributed by atoms with E-state index in [2.05, 4.69) is 28.9 Å². The summed E-state index contributed by atoms with van der Waals surface area (Å²) < 4.78 is 5.83. The number of benzene rings is 2. The van der Waals surface area contributed by atoms with Crippen molar-refractivity contribution in [2.75, 3.05) is 13.7 Å². The highest BCUT2D eigenvalue weighted by Gasteiger charge is 2.61. The van der Waals surface area contributed by atoms with Crippen LogP contribution in [0.25, 0.3) is 10.9 Å². The lowest BCUT2D eigenvalue weighted by molar-refractivity contribution is -0.0562. The van der Waals surface area contributed by atoms with Crippen LogP contribution in [0, 0.1) is 17.8 Å². The molecule has 2 saturated carbocycles. The van der Waals surface area contributed by atoms with E-state index >= 15 is 0 Å². The van der Waals surface area contributed by atoms with Crippen LogP contribution < -0.4 is 4.74 Å². The van der Waals surface area contributed by atoms with Crippen LogP contribution in [0.1, 0.15) is 71.6 Å². The van der Waals surface area contributed by atoms with E-state index in [0.717, 1.165) is 25.3 Å². The number of fused-ring (bicyclic) bond motifs is 1. The molecule has 172 valence electrons. The van der Waals surface area contributed by atoms with Crippen LogP contribution in [0.5, 0.6) is 5.75 Å². The number of piperidine rings is 1. The highest BCUT2D eigenvalue weighted by Crippen LogP contribution is 2.72. The second-order valence-electron chi connectivity index (χ2n) is 10.9. The molecule has 5 heteroatoms. The van der Waals surface area contributed by atoms with E-state index in [1.165, 1.54) is 59.7 Å². The molecule has 0 amide bonds. The van der Waals surface area contributed by atoms with Crippen molar-refractivity contribution in [3.05, 3.63) is 64.8 Å². The highest BCUT2D eigenvalue weighted by molar-refractivity contribution is 5.88. The van der Waals surface area contributed by atoms with E-state index in [9.17, 15) is 9.90 Å². The lowest BCUT2D eigenvalue weighted by atomic mass is 9.54. The summed E-state index contributed by atoms with van der Waals surface area (Å²) in [5, 5.41) is 10.6. The fraction of sp³-hybridized carbons (Fsp3) is 0.464. The van der Waals surface area contributed by atoms with Crippen molar-refractivity contribution in [3.8, 4) is 5.75 Å². The van der Waals surface area contributed by atoms with Crippen LogP contribution in [-0.2, 0) is 6.54 Å². The average molecular weight is 445 g/mol. The van der Waals surface area contributed by atoms with Crippen LogP contribution in [-0.4, -0.2) is 34.6 Å². The Morgan fingerprint density at radius 1 is 1.15 bits per heavy atom. The molecule has 0 radical (unpaired) electrons. The normalized spacial score (nSPS) is 23.0. The van der Waals surface area contributed by atoms with E-state index in [4.69, 9.17) is 4.74 Å². The number of hydrogen-bond acceptors (Lipinski definition) is 3. The zero-order valence-electron chi connectivity index (χ0n) is 19.5. The molecule has 2 aromatic carbocycles. The molecule has 1 aromatic heterocycles. The van der Waals surface area contributed by atoms with Crippen molar-refractivity contribution in [3.63, 3.8) is 0 Å². The number of rotatable bonds is 5. The van der Waals surface area contributed by atoms with E-state index in [-0.39, 0.29) is 6.04 Å². The van der Waals surface area contributed by atoms with Gasteiger partial charge in [0.15, 0.2) is 0 Å². The number of carboxylic acids is 1. The van der Waals surface area contributed by atoms with Gasteiger partial charge in [-0.25, -0.2) is 4.79 Å². The minimum Gasteiger partial charge on any atom is -0.496 e. The molecule has 1 unspecified atom stereocenters. The lowest BCUT2D eigenvalue weighted by Crippen LogP contribution is -2.49. The van der Waals surface area contributed by atoms with Gasteiger partial charge in [0.1, 0.15) is 5.75 Å². The monoisotopic (exact) mass is 444 g/mol. The van der Waals surface area contributed by atoms with Gasteiger partial charge in [-0.15, -0.1) is 0 Å². The largest absolute Gasteiger partial charge is 0.496 e. The lowest BCUT2D eigenvalue weighted by Gasteiger charge is -2.56. The molecule has 2 spiro atoms. The number of H-pyrrole nitrogens is 1. The molecular formula is C28H32N2O3. The smallest absolute Gasteiger partial charge is 0.335 e. The first-order valence-corrected chi connectivity index (χ1v) is 12.1. The summed E-state index contributed by atoms with van der Waals surface area (Å²) in [5.74, 6) is 0.0767. The number of ether oxygens (including phenoxy) is 1. The number of carbonyl (C=O) groups is 1. The van der Waals surface area contributed by atoms with Crippen LogP contribution >= 0.6 is 0 Å². The quantitative estimate of drug-likeness (QED) is 0.500. The zero-order chi connectivity index (χ0) is 22.8. The number of nitrogens with zero attached hydrogens (tertiary/aromatic N) is 1. The number of nitrogens with one attached hydrogen (secondary N) is 1. The Bertz CT molecular complexity index is 1210. The van der Waals surface area contributed by atoms with Crippen molar-refractivity contribution >= 4 is 16.9 Å². The maximum Gasteiger partial charge on any atom is 0.335 e. The third kappa shape index (κ3) is 3.45. The summed E-state index contributed by atoms with van der Waals surface area (Å²) in [6, 6.07) is 12.2. The number of carboxylic acid groups (broad SMARTS) is 1. The fourth-order valence-corrected chi connectivity index (χ4v) is 6.92. The summed E-state index contributed by atoms with van der Waals surface area (Å²) in [5.41, 5.74) is 6.32. The number of hydrogen-bond donors (Lipinski definition) is 2. The molecule has 33 heavy (non-hydrogen) atoms. The molecular weight excluding hydrogens is 412 g/mol. The molecule has 0 bridgehead atoms. The number of aromatic nitrogens is 1. The van der Waals surface area contributed by atoms with Gasteiger partial charge in [-0.05, 0) is 98.2 Å². The Balaban J connectivity index is 1.35. The van der Waals surface area contributed by atoms with E-state index < -0.39 is 5.97 Å². The second-order valence-corrected chi connectivity index (χ2v) is 10.9. The van der Waals surface area contributed by atoms with Gasteiger partial charge in [0, 0.05) is 35.2 Å². The standard InChI is InChI=1S/C28H32N2O3/c1-18-13-24(33-2)22(21-7-11-29-25(18)21)15-30-12-10-28(16-27(17-28)8-9-27)14-23(30)19-3-5-20(6-4-19)26(31)32/h3-7,11,13,23,29H,8-10,12,14-17H2,1-2H3,(H,31,32). The van der Waals surface area contributed by atoms with Crippen LogP contribution in [0.2, 0.25) is 0 Å². The van der Waals surface area contributed by atoms with Crippen LogP contribution in [0.4, 0.5) is 0 Å². The number of aryl methyl sites for hydroxylation is 1. The topological polar surface area (TPSA) is 65.6 Å². The first kappa shape index (κ1) is 20.8. The molecule has 6 rings (SSSR count). The molecule has 3 aliphatic rings. The molecule has 2 heterocycles. The van der Waals surface area contributed by atoms with E-state index in [1.54, 1.807) is 19.2 Å². The van der Waals surface area contributed by atoms with Crippen LogP contribution in [0.15, 0.2) is 42.6 Å². The molecule has 3 fully saturated rings. The summed E-state index contributed by atoms with van der Waals surface area (Å²) in [4.78, 5) is 17.4. The Hall–Kier alpha value is -2.79. The van der Waals surface area contributed by atoms with Gasteiger partial charge in [-0.1, -0.05) is 12.1 Å². The Morgan fingerprint density at radius 3 is 2.58 bits per heavy atom. The van der Waals surface area contributed by atoms with Gasteiger partial charge in [-0.3, -0.25) is 4.90 Å². The first-order valence-electron chi connectivity index (χ1n) is 12.1. The number of methoxy groups -OCH3 is 1. The Kier molecular flexibility index (Phi) is 4.64. The molecule has 3 aromatic rings. The van der Waals surface area contributed by atoms with Gasteiger partial charge in [0.2, 0.25) is 0 Å². The van der Waals surface area contributed by atoms with Gasteiger partial charge in [0.05, 0.1) is 12.7 Å². The second kappa shape index (κ2) is 7.36. The maximum atomic E-state index is 11.4. The molecule has 1 aliphatic heterocycles. The van der Waals surface area contributed by atoms with Crippen molar-refractivity contribution in [2.24, 2.45) is 10.8 Å². The molecule has 5 nitrogen and oxygen atoms in total. The summed E-state index contributed by atoms with van der Waals surface area (Å²) in [7, 11) is 1.76. The summed E-state index contributed by atoms with van der Waals surface area (Å²) in [6.07, 6.45) is 10.0. The van der Waals surface area contributed by atoms with E-state index in [1.807, 2.05) is 18.3 Å². The van der Waals surface area contributed by atoms with E-state index in [0.29, 0.717) is 16.4 Å². The third-order valence-corrected chi connectivity index (χ3v) is 8.69. The maximum absolute atomic E-state index is 11.4. The Morgan fingerprint density at radius 2 is 1.91 bits per heavy atom. The molecule has 2 N–H and O–H groups in total. The predicted octanol–water partition coefficient (Wildman–Crippen LogP) is 6.08. The van der Waals surface area contributed by atoms with Crippen molar-refractivity contribution in [2.45, 2.75) is 58.0 Å². The molecule has 1 saturated heterocycles. The van der Waals surface area contributed by atoms with Crippen LogP contribution in [0.3, 0.4) is 0 Å². The fourth-order valence-electron chi connectivity index (χ4n) is 6.92. The summed E-state index contributed by atoms with van der Waals surface area (Å²) in [6.45, 7) is 4.00. The third-order valence-electron chi connectivity index (χ3n) is 8.69. The zero-order valence-corrected chi connectivity index (χ0v) is 19.5. The SMILES string of the molecule is COc1cc(C)c2[nH]ccc2c1CN1CCC2(CC1c1ccc(C(=O)O)cc1)CC1(CC1)C2. The first-order chi connectivity index (χ1) is 15.9. The molecule has 2 aliphatic carbocycles. The Labute approximate surface area is 194 Å². The van der Waals surface area contributed by atoms with Crippen molar-refractivity contribution in [1.29, 1.82) is 0 Å². The predicted molar refractivity (Wildman–Crippen MR) is 129 cm³/mol. The van der Waals surface area contributed by atoms with Crippen molar-refractivity contribution < 1.29 is 14.6 Å². The number of aromatic carboxylic acids is 1. The number of aromatic amines is 1.